The van der Waals surface area contributed by atoms with E-state index < -0.39 is 15.8 Å². The van der Waals surface area contributed by atoms with Crippen molar-refractivity contribution in [2.75, 3.05) is 26.2 Å². The molecule has 0 bridgehead atoms. The van der Waals surface area contributed by atoms with Crippen molar-refractivity contribution < 1.29 is 17.6 Å². The van der Waals surface area contributed by atoms with Crippen LogP contribution in [0.1, 0.15) is 10.4 Å². The SMILES string of the molecule is O=C(c1cnn(-c2ccccc2)c1)N1CCN(S(=O)(=O)c2ccc(F)cc2)CC1. The number of carbonyl (C=O) groups excluding carboxylic acids is 1. The Hall–Kier alpha value is -3.04. The van der Waals surface area contributed by atoms with E-state index in [1.54, 1.807) is 15.8 Å². The molecule has 9 heteroatoms. The second kappa shape index (κ2) is 7.76. The van der Waals surface area contributed by atoms with Crippen molar-refractivity contribution in [1.82, 2.24) is 19.0 Å². The van der Waals surface area contributed by atoms with Crippen molar-refractivity contribution in [3.8, 4) is 5.69 Å². The molecule has 0 saturated carbocycles. The van der Waals surface area contributed by atoms with E-state index in [1.165, 1.54) is 22.6 Å². The number of sulfonamides is 1. The van der Waals surface area contributed by atoms with Crippen LogP contribution in [0.5, 0.6) is 0 Å². The lowest BCUT2D eigenvalue weighted by Gasteiger charge is -2.33. The summed E-state index contributed by atoms with van der Waals surface area (Å²) in [6.07, 6.45) is 3.18. The predicted molar refractivity (Wildman–Crippen MR) is 105 cm³/mol. The molecule has 1 fully saturated rings. The van der Waals surface area contributed by atoms with E-state index in [2.05, 4.69) is 5.10 Å². The molecule has 7 nitrogen and oxygen atoms in total. The van der Waals surface area contributed by atoms with E-state index >= 15 is 0 Å². The average Bonchev–Trinajstić information content (AvgIpc) is 3.24. The summed E-state index contributed by atoms with van der Waals surface area (Å²) in [6.45, 7) is 0.905. The molecule has 29 heavy (non-hydrogen) atoms. The summed E-state index contributed by atoms with van der Waals surface area (Å²) in [6, 6.07) is 14.2. The molecule has 2 heterocycles. The van der Waals surface area contributed by atoms with Crippen molar-refractivity contribution in [2.45, 2.75) is 4.90 Å². The van der Waals surface area contributed by atoms with Gasteiger partial charge in [0.1, 0.15) is 5.82 Å². The van der Waals surface area contributed by atoms with E-state index in [0.717, 1.165) is 17.8 Å². The Morgan fingerprint density at radius 1 is 0.931 bits per heavy atom. The lowest BCUT2D eigenvalue weighted by atomic mass is 10.2. The minimum Gasteiger partial charge on any atom is -0.336 e. The number of para-hydroxylation sites is 1. The first kappa shape index (κ1) is 19.3. The zero-order valence-electron chi connectivity index (χ0n) is 15.5. The Morgan fingerprint density at radius 2 is 1.59 bits per heavy atom. The minimum absolute atomic E-state index is 0.0443. The lowest BCUT2D eigenvalue weighted by Crippen LogP contribution is -2.50. The van der Waals surface area contributed by atoms with E-state index in [9.17, 15) is 17.6 Å². The molecule has 0 N–H and O–H groups in total. The number of piperazine rings is 1. The van der Waals surface area contributed by atoms with Crippen LogP contribution in [0.25, 0.3) is 5.69 Å². The van der Waals surface area contributed by atoms with Crippen molar-refractivity contribution >= 4 is 15.9 Å². The Labute approximate surface area is 168 Å². The van der Waals surface area contributed by atoms with Gasteiger partial charge in [0.05, 0.1) is 22.3 Å². The van der Waals surface area contributed by atoms with Crippen LogP contribution in [0.4, 0.5) is 4.39 Å². The van der Waals surface area contributed by atoms with Crippen LogP contribution in [0.15, 0.2) is 71.9 Å². The molecule has 0 radical (unpaired) electrons. The van der Waals surface area contributed by atoms with Crippen molar-refractivity contribution in [3.63, 3.8) is 0 Å². The average molecular weight is 414 g/mol. The molecule has 1 aromatic heterocycles. The molecular weight excluding hydrogens is 395 g/mol. The van der Waals surface area contributed by atoms with Gasteiger partial charge in [-0.1, -0.05) is 18.2 Å². The number of nitrogens with zero attached hydrogens (tertiary/aromatic N) is 4. The van der Waals surface area contributed by atoms with Crippen LogP contribution >= 0.6 is 0 Å². The number of hydrogen-bond donors (Lipinski definition) is 0. The zero-order chi connectivity index (χ0) is 20.4. The Morgan fingerprint density at radius 3 is 2.24 bits per heavy atom. The van der Waals surface area contributed by atoms with Crippen LogP contribution in [-0.2, 0) is 10.0 Å². The maximum atomic E-state index is 13.1. The maximum absolute atomic E-state index is 13.1. The van der Waals surface area contributed by atoms with Crippen LogP contribution in [0, 0.1) is 5.82 Å². The Kier molecular flexibility index (Phi) is 5.16. The highest BCUT2D eigenvalue weighted by atomic mass is 32.2. The molecule has 0 atom stereocenters. The van der Waals surface area contributed by atoms with Gasteiger partial charge in [0, 0.05) is 32.4 Å². The summed E-state index contributed by atoms with van der Waals surface area (Å²) in [7, 11) is -3.71. The normalized spacial score (nSPS) is 15.4. The second-order valence-electron chi connectivity index (χ2n) is 6.66. The van der Waals surface area contributed by atoms with Gasteiger partial charge in [-0.15, -0.1) is 0 Å². The molecule has 1 saturated heterocycles. The monoisotopic (exact) mass is 414 g/mol. The Balaban J connectivity index is 1.42. The first-order valence-electron chi connectivity index (χ1n) is 9.10. The summed E-state index contributed by atoms with van der Waals surface area (Å²) in [5, 5.41) is 4.24. The zero-order valence-corrected chi connectivity index (χ0v) is 16.3. The fourth-order valence-electron chi connectivity index (χ4n) is 3.22. The molecule has 0 unspecified atom stereocenters. The predicted octanol–water partition coefficient (Wildman–Crippen LogP) is 2.16. The van der Waals surface area contributed by atoms with E-state index in [4.69, 9.17) is 0 Å². The Bertz CT molecular complexity index is 1110. The molecule has 1 aliphatic heterocycles. The number of carbonyl (C=O) groups is 1. The number of hydrogen-bond acceptors (Lipinski definition) is 4. The highest BCUT2D eigenvalue weighted by Crippen LogP contribution is 2.19. The van der Waals surface area contributed by atoms with Gasteiger partial charge in [-0.25, -0.2) is 17.5 Å². The van der Waals surface area contributed by atoms with Gasteiger partial charge in [0.25, 0.3) is 5.91 Å². The molecule has 150 valence electrons. The van der Waals surface area contributed by atoms with E-state index in [0.29, 0.717) is 5.56 Å². The highest BCUT2D eigenvalue weighted by molar-refractivity contribution is 7.89. The van der Waals surface area contributed by atoms with Crippen LogP contribution in [0.2, 0.25) is 0 Å². The first-order chi connectivity index (χ1) is 13.9. The number of amides is 1. The van der Waals surface area contributed by atoms with Crippen LogP contribution < -0.4 is 0 Å². The van der Waals surface area contributed by atoms with Gasteiger partial charge in [-0.05, 0) is 36.4 Å². The number of benzene rings is 2. The lowest BCUT2D eigenvalue weighted by molar-refractivity contribution is 0.0698. The highest BCUT2D eigenvalue weighted by Gasteiger charge is 2.30. The summed E-state index contributed by atoms with van der Waals surface area (Å²) < 4.78 is 41.4. The third kappa shape index (κ3) is 3.92. The maximum Gasteiger partial charge on any atom is 0.257 e. The standard InChI is InChI=1S/C20H19FN4O3S/c21-17-6-8-19(9-7-17)29(27,28)24-12-10-23(11-13-24)20(26)16-14-22-25(15-16)18-4-2-1-3-5-18/h1-9,14-15H,10-13H2. The van der Waals surface area contributed by atoms with Crippen molar-refractivity contribution in [1.29, 1.82) is 0 Å². The number of halogens is 1. The van der Waals surface area contributed by atoms with Gasteiger partial charge in [0.2, 0.25) is 10.0 Å². The molecule has 0 spiro atoms. The van der Waals surface area contributed by atoms with Crippen LogP contribution in [-0.4, -0.2) is 59.5 Å². The second-order valence-corrected chi connectivity index (χ2v) is 8.60. The third-order valence-corrected chi connectivity index (χ3v) is 6.74. The van der Waals surface area contributed by atoms with Gasteiger partial charge < -0.3 is 4.90 Å². The largest absolute Gasteiger partial charge is 0.336 e. The molecular formula is C20H19FN4O3S. The van der Waals surface area contributed by atoms with Crippen molar-refractivity contribution in [2.24, 2.45) is 0 Å². The number of rotatable bonds is 4. The molecule has 1 amide bonds. The summed E-state index contributed by atoms with van der Waals surface area (Å²) >= 11 is 0. The van der Waals surface area contributed by atoms with E-state index in [-0.39, 0.29) is 37.0 Å². The topological polar surface area (TPSA) is 75.5 Å². The molecule has 0 aliphatic carbocycles. The number of aromatic nitrogens is 2. The quantitative estimate of drug-likeness (QED) is 0.656. The smallest absolute Gasteiger partial charge is 0.257 e. The van der Waals surface area contributed by atoms with Gasteiger partial charge in [0.15, 0.2) is 0 Å². The molecule has 1 aliphatic rings. The van der Waals surface area contributed by atoms with E-state index in [1.807, 2.05) is 30.3 Å². The molecule has 4 rings (SSSR count). The molecule has 2 aromatic carbocycles. The minimum atomic E-state index is -3.71. The van der Waals surface area contributed by atoms with Crippen molar-refractivity contribution in [3.05, 3.63) is 78.4 Å². The summed E-state index contributed by atoms with van der Waals surface area (Å²) in [5.74, 6) is -0.679. The fraction of sp³-hybridized carbons (Fsp3) is 0.200. The van der Waals surface area contributed by atoms with Crippen LogP contribution in [0.3, 0.4) is 0 Å². The molecule has 3 aromatic rings. The summed E-state index contributed by atoms with van der Waals surface area (Å²) in [5.41, 5.74) is 1.30. The third-order valence-electron chi connectivity index (χ3n) is 4.83. The van der Waals surface area contributed by atoms with Gasteiger partial charge >= 0.3 is 0 Å². The fourth-order valence-corrected chi connectivity index (χ4v) is 4.65. The van der Waals surface area contributed by atoms with Gasteiger partial charge in [-0.3, -0.25) is 4.79 Å². The summed E-state index contributed by atoms with van der Waals surface area (Å²) in [4.78, 5) is 14.4. The van der Waals surface area contributed by atoms with Gasteiger partial charge in [-0.2, -0.15) is 9.40 Å². The first-order valence-corrected chi connectivity index (χ1v) is 10.5.